The van der Waals surface area contributed by atoms with Crippen LogP contribution in [0.25, 0.3) is 0 Å². The molecule has 2 aromatic rings. The van der Waals surface area contributed by atoms with Gasteiger partial charge in [-0.05, 0) is 26.3 Å². The van der Waals surface area contributed by atoms with Gasteiger partial charge in [-0.3, -0.25) is 4.79 Å². The standard InChI is InChI=1S/C18H23N3O3S.ClH/c1-6-24-18(23)16-12(2)13(3)25-17(16)19-15(22)11-21-9-7-14(8-10-21)20(4)5;/h7-10H,6,11H2,1-5H3;1H. The number of nitrogens with one attached hydrogen (secondary N) is 1. The van der Waals surface area contributed by atoms with E-state index in [-0.39, 0.29) is 24.9 Å². The molecule has 0 aromatic carbocycles. The van der Waals surface area contributed by atoms with Crippen LogP contribution < -0.4 is 27.2 Å². The molecule has 0 spiro atoms. The van der Waals surface area contributed by atoms with Gasteiger partial charge in [-0.1, -0.05) is 0 Å². The summed E-state index contributed by atoms with van der Waals surface area (Å²) in [6.07, 6.45) is 3.71. The number of thiophene rings is 1. The molecule has 6 nitrogen and oxygen atoms in total. The summed E-state index contributed by atoms with van der Waals surface area (Å²) in [6.45, 7) is 6.02. The molecule has 2 heterocycles. The molecule has 2 aromatic heterocycles. The molecule has 1 amide bonds. The van der Waals surface area contributed by atoms with E-state index in [1.807, 2.05) is 57.4 Å². The van der Waals surface area contributed by atoms with Gasteiger partial charge in [0.2, 0.25) is 6.54 Å². The molecular weight excluding hydrogens is 374 g/mol. The van der Waals surface area contributed by atoms with Crippen molar-refractivity contribution in [3.63, 3.8) is 0 Å². The quantitative estimate of drug-likeness (QED) is 0.529. The Hall–Kier alpha value is -2.12. The number of esters is 1. The molecule has 1 N–H and O–H groups in total. The van der Waals surface area contributed by atoms with Crippen molar-refractivity contribution >= 4 is 33.9 Å². The van der Waals surface area contributed by atoms with Crippen molar-refractivity contribution < 1.29 is 31.3 Å². The summed E-state index contributed by atoms with van der Waals surface area (Å²) in [5.41, 5.74) is 2.36. The largest absolute Gasteiger partial charge is 1.00 e. The average molecular weight is 398 g/mol. The first-order valence-electron chi connectivity index (χ1n) is 8.06. The van der Waals surface area contributed by atoms with Gasteiger partial charge in [-0.2, -0.15) is 4.57 Å². The van der Waals surface area contributed by atoms with Crippen LogP contribution in [0.5, 0.6) is 0 Å². The number of aromatic nitrogens is 1. The third kappa shape index (κ3) is 5.19. The van der Waals surface area contributed by atoms with Crippen LogP contribution in [0.4, 0.5) is 10.7 Å². The van der Waals surface area contributed by atoms with Gasteiger partial charge in [-0.25, -0.2) is 4.79 Å². The van der Waals surface area contributed by atoms with Crippen LogP contribution in [0.1, 0.15) is 27.7 Å². The molecule has 0 bridgehead atoms. The minimum Gasteiger partial charge on any atom is -1.00 e. The Balaban J connectivity index is 0.00000338. The fourth-order valence-corrected chi connectivity index (χ4v) is 3.41. The molecule has 0 radical (unpaired) electrons. The number of carbonyl (C=O) groups is 2. The van der Waals surface area contributed by atoms with E-state index in [0.29, 0.717) is 17.2 Å². The SMILES string of the molecule is CCOC(=O)c1c(NC(=O)C[n+]2ccc(N(C)C)cc2)sc(C)c1C.[Cl-]. The molecule has 0 aliphatic heterocycles. The van der Waals surface area contributed by atoms with E-state index in [2.05, 4.69) is 5.32 Å². The Kier molecular flexibility index (Phi) is 8.05. The maximum absolute atomic E-state index is 12.4. The van der Waals surface area contributed by atoms with Crippen LogP contribution in [-0.2, 0) is 16.1 Å². The molecule has 0 atom stereocenters. The minimum atomic E-state index is -0.400. The van der Waals surface area contributed by atoms with Crippen molar-refractivity contribution in [1.82, 2.24) is 0 Å². The highest BCUT2D eigenvalue weighted by molar-refractivity contribution is 7.16. The fourth-order valence-electron chi connectivity index (χ4n) is 2.35. The first-order chi connectivity index (χ1) is 11.8. The first-order valence-corrected chi connectivity index (χ1v) is 8.88. The van der Waals surface area contributed by atoms with Crippen molar-refractivity contribution in [1.29, 1.82) is 0 Å². The van der Waals surface area contributed by atoms with Gasteiger partial charge >= 0.3 is 5.97 Å². The Bertz CT molecular complexity index is 773. The number of hydrogen-bond donors (Lipinski definition) is 1. The lowest BCUT2D eigenvalue weighted by atomic mass is 10.1. The number of amides is 1. The highest BCUT2D eigenvalue weighted by atomic mass is 35.5. The van der Waals surface area contributed by atoms with E-state index in [0.717, 1.165) is 16.1 Å². The normalized spacial score (nSPS) is 10.0. The summed E-state index contributed by atoms with van der Waals surface area (Å²) in [6, 6.07) is 3.88. The Morgan fingerprint density at radius 3 is 2.38 bits per heavy atom. The number of carbonyl (C=O) groups excluding carboxylic acids is 2. The van der Waals surface area contributed by atoms with E-state index >= 15 is 0 Å². The van der Waals surface area contributed by atoms with Crippen molar-refractivity contribution in [2.75, 3.05) is 30.9 Å². The smallest absolute Gasteiger partial charge is 0.341 e. The zero-order chi connectivity index (χ0) is 18.6. The van der Waals surface area contributed by atoms with Crippen molar-refractivity contribution in [2.45, 2.75) is 27.3 Å². The average Bonchev–Trinajstić information content (AvgIpc) is 2.82. The third-order valence-corrected chi connectivity index (χ3v) is 4.96. The lowest BCUT2D eigenvalue weighted by Gasteiger charge is -2.10. The topological polar surface area (TPSA) is 62.5 Å². The molecule has 0 unspecified atom stereocenters. The second-order valence-corrected chi connectivity index (χ2v) is 7.10. The van der Waals surface area contributed by atoms with Crippen LogP contribution in [0.2, 0.25) is 0 Å². The molecule has 0 fully saturated rings. The summed E-state index contributed by atoms with van der Waals surface area (Å²) in [5, 5.41) is 3.39. The number of ether oxygens (including phenoxy) is 1. The molecule has 0 aliphatic carbocycles. The van der Waals surface area contributed by atoms with Crippen molar-refractivity contribution in [2.24, 2.45) is 0 Å². The van der Waals surface area contributed by atoms with Gasteiger partial charge in [0.1, 0.15) is 5.00 Å². The third-order valence-electron chi connectivity index (χ3n) is 3.83. The van der Waals surface area contributed by atoms with Crippen molar-refractivity contribution in [3.05, 3.63) is 40.5 Å². The Morgan fingerprint density at radius 1 is 1.23 bits per heavy atom. The van der Waals surface area contributed by atoms with Crippen LogP contribution in [0.3, 0.4) is 0 Å². The Labute approximate surface area is 164 Å². The lowest BCUT2D eigenvalue weighted by Crippen LogP contribution is -3.00. The molecule has 2 rings (SSSR count). The zero-order valence-corrected chi connectivity index (χ0v) is 17.2. The van der Waals surface area contributed by atoms with Gasteiger partial charge in [0.25, 0.3) is 5.91 Å². The molecule has 0 aliphatic rings. The Morgan fingerprint density at radius 2 is 1.85 bits per heavy atom. The van der Waals surface area contributed by atoms with Gasteiger partial charge in [-0.15, -0.1) is 11.3 Å². The monoisotopic (exact) mass is 397 g/mol. The zero-order valence-electron chi connectivity index (χ0n) is 15.6. The number of nitrogens with zero attached hydrogens (tertiary/aromatic N) is 2. The molecule has 142 valence electrons. The van der Waals surface area contributed by atoms with Gasteiger partial charge in [0, 0.05) is 36.8 Å². The van der Waals surface area contributed by atoms with Crippen LogP contribution in [0, 0.1) is 13.8 Å². The fraction of sp³-hybridized carbons (Fsp3) is 0.389. The second-order valence-electron chi connectivity index (χ2n) is 5.88. The van der Waals surface area contributed by atoms with Crippen molar-refractivity contribution in [3.8, 4) is 0 Å². The minimum absolute atomic E-state index is 0. The number of aryl methyl sites for hydroxylation is 1. The summed E-state index contributed by atoms with van der Waals surface area (Å²) in [5.74, 6) is -0.586. The van der Waals surface area contributed by atoms with Crippen LogP contribution >= 0.6 is 11.3 Å². The summed E-state index contributed by atoms with van der Waals surface area (Å²) in [4.78, 5) is 27.5. The number of rotatable bonds is 6. The highest BCUT2D eigenvalue weighted by Crippen LogP contribution is 2.32. The molecule has 8 heteroatoms. The maximum atomic E-state index is 12.4. The van der Waals surface area contributed by atoms with E-state index in [9.17, 15) is 9.59 Å². The van der Waals surface area contributed by atoms with E-state index in [1.54, 1.807) is 11.5 Å². The van der Waals surface area contributed by atoms with E-state index < -0.39 is 5.97 Å². The van der Waals surface area contributed by atoms with Gasteiger partial charge in [0.05, 0.1) is 12.2 Å². The van der Waals surface area contributed by atoms with Crippen LogP contribution in [-0.4, -0.2) is 32.6 Å². The summed E-state index contributed by atoms with van der Waals surface area (Å²) < 4.78 is 6.90. The highest BCUT2D eigenvalue weighted by Gasteiger charge is 2.23. The number of hydrogen-bond acceptors (Lipinski definition) is 5. The molecule has 0 saturated heterocycles. The van der Waals surface area contributed by atoms with E-state index in [1.165, 1.54) is 11.3 Å². The van der Waals surface area contributed by atoms with Gasteiger partial charge < -0.3 is 27.4 Å². The predicted molar refractivity (Wildman–Crippen MR) is 99.3 cm³/mol. The summed E-state index contributed by atoms with van der Waals surface area (Å²) >= 11 is 1.39. The lowest BCUT2D eigenvalue weighted by molar-refractivity contribution is -0.684. The summed E-state index contributed by atoms with van der Waals surface area (Å²) in [7, 11) is 3.93. The molecule has 0 saturated carbocycles. The second kappa shape index (κ2) is 9.54. The molecular formula is C18H24ClN3O3S. The van der Waals surface area contributed by atoms with E-state index in [4.69, 9.17) is 4.74 Å². The maximum Gasteiger partial charge on any atom is 0.341 e. The van der Waals surface area contributed by atoms with Gasteiger partial charge in [0.15, 0.2) is 12.4 Å². The first kappa shape index (κ1) is 21.9. The number of anilines is 2. The number of halogens is 1. The predicted octanol–water partition coefficient (Wildman–Crippen LogP) is -0.462. The molecule has 26 heavy (non-hydrogen) atoms. The van der Waals surface area contributed by atoms with Crippen LogP contribution in [0.15, 0.2) is 24.5 Å². The number of pyridine rings is 1.